The van der Waals surface area contributed by atoms with E-state index in [1.165, 1.54) is 25.1 Å². The zero-order valence-electron chi connectivity index (χ0n) is 14.8. The van der Waals surface area contributed by atoms with Gasteiger partial charge in [0.05, 0.1) is 0 Å². The molecule has 0 saturated carbocycles. The molecule has 0 unspecified atom stereocenters. The smallest absolute Gasteiger partial charge is 0.272 e. The Morgan fingerprint density at radius 1 is 1.28 bits per heavy atom. The monoisotopic (exact) mass is 404 g/mol. The Hall–Kier alpha value is -1.79. The van der Waals surface area contributed by atoms with Gasteiger partial charge in [0.1, 0.15) is 5.69 Å². The molecule has 1 amide bonds. The quantitative estimate of drug-likeness (QED) is 0.796. The van der Waals surface area contributed by atoms with Crippen LogP contribution in [0.4, 0.5) is 11.4 Å². The first-order chi connectivity index (χ1) is 12.0. The van der Waals surface area contributed by atoms with E-state index in [-0.39, 0.29) is 5.91 Å². The standard InChI is InChI=1S/C19H25BrN4O/c1-23(2)13-14-7-9-24(10-8-14)17-5-3-16(4-6-17)22-19(25)18-11-15(20)12-21-18/h3-6,11-12,14,21H,7-10,13H2,1-2H3,(H,22,25). The number of nitrogens with one attached hydrogen (secondary N) is 2. The minimum absolute atomic E-state index is 0.136. The maximum Gasteiger partial charge on any atom is 0.272 e. The van der Waals surface area contributed by atoms with E-state index in [0.29, 0.717) is 5.69 Å². The molecule has 0 spiro atoms. The zero-order chi connectivity index (χ0) is 17.8. The number of hydrogen-bond acceptors (Lipinski definition) is 3. The fraction of sp³-hybridized carbons (Fsp3) is 0.421. The number of amides is 1. The number of carbonyl (C=O) groups is 1. The molecule has 1 aliphatic heterocycles. The average Bonchev–Trinajstić information content (AvgIpc) is 3.02. The zero-order valence-corrected chi connectivity index (χ0v) is 16.3. The van der Waals surface area contributed by atoms with E-state index < -0.39 is 0 Å². The van der Waals surface area contributed by atoms with Gasteiger partial charge in [0.15, 0.2) is 0 Å². The number of hydrogen-bond donors (Lipinski definition) is 2. The maximum atomic E-state index is 12.2. The lowest BCUT2D eigenvalue weighted by atomic mass is 9.96. The predicted molar refractivity (Wildman–Crippen MR) is 106 cm³/mol. The summed E-state index contributed by atoms with van der Waals surface area (Å²) < 4.78 is 0.866. The molecule has 5 nitrogen and oxygen atoms in total. The second-order valence-corrected chi connectivity index (χ2v) is 7.84. The third-order valence-electron chi connectivity index (χ3n) is 4.62. The fourth-order valence-electron chi connectivity index (χ4n) is 3.34. The summed E-state index contributed by atoms with van der Waals surface area (Å²) in [5.41, 5.74) is 2.57. The fourth-order valence-corrected chi connectivity index (χ4v) is 3.69. The number of benzene rings is 1. The molecule has 3 rings (SSSR count). The summed E-state index contributed by atoms with van der Waals surface area (Å²) in [7, 11) is 4.29. The summed E-state index contributed by atoms with van der Waals surface area (Å²) in [6.07, 6.45) is 4.22. The summed E-state index contributed by atoms with van der Waals surface area (Å²) in [6, 6.07) is 9.88. The van der Waals surface area contributed by atoms with Crippen LogP contribution in [0, 0.1) is 5.92 Å². The Bertz CT molecular complexity index is 702. The molecule has 0 atom stereocenters. The van der Waals surface area contributed by atoms with Gasteiger partial charge in [-0.15, -0.1) is 0 Å². The maximum absolute atomic E-state index is 12.2. The van der Waals surface area contributed by atoms with E-state index in [1.54, 1.807) is 12.3 Å². The summed E-state index contributed by atoms with van der Waals surface area (Å²) >= 11 is 3.34. The van der Waals surface area contributed by atoms with Gasteiger partial charge in [0, 0.05) is 41.7 Å². The van der Waals surface area contributed by atoms with Crippen molar-refractivity contribution in [3.63, 3.8) is 0 Å². The average molecular weight is 405 g/mol. The molecule has 0 bridgehead atoms. The number of rotatable bonds is 5. The molecular weight excluding hydrogens is 380 g/mol. The highest BCUT2D eigenvalue weighted by Crippen LogP contribution is 2.25. The van der Waals surface area contributed by atoms with Crippen LogP contribution in [0.3, 0.4) is 0 Å². The summed E-state index contributed by atoms with van der Waals surface area (Å²) in [5.74, 6) is 0.660. The van der Waals surface area contributed by atoms with Crippen LogP contribution >= 0.6 is 15.9 Å². The number of aromatic amines is 1. The predicted octanol–water partition coefficient (Wildman–Crippen LogP) is 3.81. The Morgan fingerprint density at radius 3 is 2.52 bits per heavy atom. The second kappa shape index (κ2) is 8.06. The van der Waals surface area contributed by atoms with Gasteiger partial charge in [-0.2, -0.15) is 0 Å². The highest BCUT2D eigenvalue weighted by Gasteiger charge is 2.20. The number of anilines is 2. The molecule has 1 fully saturated rings. The first kappa shape index (κ1) is 18.0. The van der Waals surface area contributed by atoms with E-state index in [1.807, 2.05) is 12.1 Å². The Kier molecular flexibility index (Phi) is 5.81. The minimum atomic E-state index is -0.136. The van der Waals surface area contributed by atoms with Gasteiger partial charge in [-0.25, -0.2) is 0 Å². The lowest BCUT2D eigenvalue weighted by Crippen LogP contribution is -2.37. The third kappa shape index (κ3) is 4.86. The molecule has 25 heavy (non-hydrogen) atoms. The molecule has 1 saturated heterocycles. The molecule has 2 aromatic rings. The second-order valence-electron chi connectivity index (χ2n) is 6.93. The number of nitrogens with zero attached hydrogens (tertiary/aromatic N) is 2. The third-order valence-corrected chi connectivity index (χ3v) is 5.08. The van der Waals surface area contributed by atoms with Crippen molar-refractivity contribution in [2.24, 2.45) is 5.92 Å². The molecule has 2 N–H and O–H groups in total. The van der Waals surface area contributed by atoms with Crippen LogP contribution < -0.4 is 10.2 Å². The summed E-state index contributed by atoms with van der Waals surface area (Å²) in [4.78, 5) is 19.8. The first-order valence-corrected chi connectivity index (χ1v) is 9.45. The van der Waals surface area contributed by atoms with Crippen molar-refractivity contribution < 1.29 is 4.79 Å². The number of carbonyl (C=O) groups excluding carboxylic acids is 1. The SMILES string of the molecule is CN(C)CC1CCN(c2ccc(NC(=O)c3cc(Br)c[nH]3)cc2)CC1. The van der Waals surface area contributed by atoms with Crippen molar-refractivity contribution in [3.05, 3.63) is 46.7 Å². The van der Waals surface area contributed by atoms with Gasteiger partial charge in [0.25, 0.3) is 5.91 Å². The lowest BCUT2D eigenvalue weighted by molar-refractivity contribution is 0.102. The normalized spacial score (nSPS) is 15.6. The number of piperidine rings is 1. The number of halogens is 1. The highest BCUT2D eigenvalue weighted by molar-refractivity contribution is 9.10. The lowest BCUT2D eigenvalue weighted by Gasteiger charge is -2.34. The molecule has 134 valence electrons. The van der Waals surface area contributed by atoms with Crippen molar-refractivity contribution in [1.82, 2.24) is 9.88 Å². The van der Waals surface area contributed by atoms with E-state index in [2.05, 4.69) is 62.3 Å². The Labute approximate surface area is 157 Å². The molecule has 1 aromatic carbocycles. The van der Waals surface area contributed by atoms with Crippen molar-refractivity contribution in [1.29, 1.82) is 0 Å². The van der Waals surface area contributed by atoms with E-state index in [4.69, 9.17) is 0 Å². The van der Waals surface area contributed by atoms with Gasteiger partial charge in [-0.1, -0.05) is 0 Å². The summed E-state index contributed by atoms with van der Waals surface area (Å²) in [6.45, 7) is 3.37. The molecule has 0 radical (unpaired) electrons. The molecule has 0 aliphatic carbocycles. The van der Waals surface area contributed by atoms with Crippen molar-refractivity contribution in [2.75, 3.05) is 43.9 Å². The Balaban J connectivity index is 1.55. The Morgan fingerprint density at radius 2 is 1.96 bits per heavy atom. The minimum Gasteiger partial charge on any atom is -0.372 e. The molecule has 1 aromatic heterocycles. The van der Waals surface area contributed by atoms with Crippen LogP contribution in [0.15, 0.2) is 41.0 Å². The first-order valence-electron chi connectivity index (χ1n) is 8.66. The van der Waals surface area contributed by atoms with Crippen LogP contribution in [0.25, 0.3) is 0 Å². The van der Waals surface area contributed by atoms with Crippen molar-refractivity contribution in [3.8, 4) is 0 Å². The van der Waals surface area contributed by atoms with Crippen molar-refractivity contribution >= 4 is 33.2 Å². The van der Waals surface area contributed by atoms with Crippen LogP contribution in [0.5, 0.6) is 0 Å². The van der Waals surface area contributed by atoms with E-state index in [0.717, 1.165) is 29.2 Å². The molecule has 6 heteroatoms. The molecular formula is C19H25BrN4O. The largest absolute Gasteiger partial charge is 0.372 e. The van der Waals surface area contributed by atoms with E-state index >= 15 is 0 Å². The van der Waals surface area contributed by atoms with Crippen LogP contribution in [0.2, 0.25) is 0 Å². The van der Waals surface area contributed by atoms with Gasteiger partial charge in [-0.3, -0.25) is 4.79 Å². The topological polar surface area (TPSA) is 51.4 Å². The summed E-state index contributed by atoms with van der Waals surface area (Å²) in [5, 5.41) is 2.92. The van der Waals surface area contributed by atoms with Crippen LogP contribution in [-0.4, -0.2) is 49.5 Å². The van der Waals surface area contributed by atoms with Gasteiger partial charge < -0.3 is 20.1 Å². The van der Waals surface area contributed by atoms with Crippen LogP contribution in [0.1, 0.15) is 23.3 Å². The number of aromatic nitrogens is 1. The van der Waals surface area contributed by atoms with E-state index in [9.17, 15) is 4.79 Å². The van der Waals surface area contributed by atoms with Crippen LogP contribution in [-0.2, 0) is 0 Å². The van der Waals surface area contributed by atoms with Gasteiger partial charge >= 0.3 is 0 Å². The molecule has 1 aliphatic rings. The van der Waals surface area contributed by atoms with Crippen molar-refractivity contribution in [2.45, 2.75) is 12.8 Å². The highest BCUT2D eigenvalue weighted by atomic mass is 79.9. The van der Waals surface area contributed by atoms with Gasteiger partial charge in [0.2, 0.25) is 0 Å². The molecule has 2 heterocycles. The van der Waals surface area contributed by atoms with Gasteiger partial charge in [-0.05, 0) is 79.1 Å². The number of H-pyrrole nitrogens is 1.